The molecule has 142 valence electrons. The zero-order valence-corrected chi connectivity index (χ0v) is 14.8. The Morgan fingerprint density at radius 3 is 2.48 bits per heavy atom. The maximum absolute atomic E-state index is 14.0. The average molecular weight is 376 g/mol. The molecule has 0 aromatic heterocycles. The van der Waals surface area contributed by atoms with Gasteiger partial charge in [0, 0.05) is 19.0 Å². The molecule has 8 heteroatoms. The molecule has 2 amide bonds. The second-order valence-corrected chi connectivity index (χ2v) is 6.03. The highest BCUT2D eigenvalue weighted by Crippen LogP contribution is 2.32. The lowest BCUT2D eigenvalue weighted by molar-refractivity contribution is -0.122. The largest absolute Gasteiger partial charge is 0.497 e. The second-order valence-electron chi connectivity index (χ2n) is 6.03. The molecule has 1 aliphatic heterocycles. The van der Waals surface area contributed by atoms with E-state index in [-0.39, 0.29) is 13.0 Å². The molecule has 3 rings (SSSR count). The molecule has 0 bridgehead atoms. The van der Waals surface area contributed by atoms with Crippen LogP contribution >= 0.6 is 0 Å². The van der Waals surface area contributed by atoms with Gasteiger partial charge < -0.3 is 19.7 Å². The Morgan fingerprint density at radius 2 is 1.85 bits per heavy atom. The lowest BCUT2D eigenvalue weighted by Crippen LogP contribution is -2.29. The molecular weight excluding hydrogens is 358 g/mol. The Kier molecular flexibility index (Phi) is 5.25. The minimum absolute atomic E-state index is 0.110. The van der Waals surface area contributed by atoms with Crippen LogP contribution in [-0.4, -0.2) is 32.6 Å². The number of para-hydroxylation sites is 1. The predicted molar refractivity (Wildman–Crippen MR) is 95.0 cm³/mol. The van der Waals surface area contributed by atoms with Gasteiger partial charge in [-0.3, -0.25) is 9.59 Å². The molecule has 6 nitrogen and oxygen atoms in total. The van der Waals surface area contributed by atoms with E-state index in [1.807, 2.05) is 0 Å². The third kappa shape index (κ3) is 3.69. The third-order valence-electron chi connectivity index (χ3n) is 4.37. The molecule has 0 aliphatic carbocycles. The Bertz CT molecular complexity index is 868. The first-order valence-electron chi connectivity index (χ1n) is 8.22. The molecule has 27 heavy (non-hydrogen) atoms. The summed E-state index contributed by atoms with van der Waals surface area (Å²) in [6.45, 7) is -0.110. The highest BCUT2D eigenvalue weighted by atomic mass is 19.1. The molecule has 1 heterocycles. The summed E-state index contributed by atoms with van der Waals surface area (Å²) in [5.74, 6) is -2.44. The van der Waals surface area contributed by atoms with Crippen molar-refractivity contribution in [2.75, 3.05) is 31.0 Å². The van der Waals surface area contributed by atoms with Crippen molar-refractivity contribution in [3.8, 4) is 11.5 Å². The fourth-order valence-corrected chi connectivity index (χ4v) is 2.98. The van der Waals surface area contributed by atoms with Crippen molar-refractivity contribution < 1.29 is 27.8 Å². The minimum atomic E-state index is -0.846. The van der Waals surface area contributed by atoms with Gasteiger partial charge in [-0.2, -0.15) is 0 Å². The van der Waals surface area contributed by atoms with E-state index in [4.69, 9.17) is 9.47 Å². The summed E-state index contributed by atoms with van der Waals surface area (Å²) in [7, 11) is 2.96. The highest BCUT2D eigenvalue weighted by molar-refractivity contribution is 6.04. The highest BCUT2D eigenvalue weighted by Gasteiger charge is 2.37. The first-order valence-corrected chi connectivity index (χ1v) is 8.22. The van der Waals surface area contributed by atoms with Crippen molar-refractivity contribution >= 4 is 23.2 Å². The molecule has 0 saturated carbocycles. The number of ether oxygens (including phenoxy) is 2. The first-order chi connectivity index (χ1) is 12.9. The van der Waals surface area contributed by atoms with Gasteiger partial charge in [0.15, 0.2) is 0 Å². The van der Waals surface area contributed by atoms with Crippen LogP contribution in [0.3, 0.4) is 0 Å². The van der Waals surface area contributed by atoms with E-state index in [0.717, 1.165) is 17.0 Å². The lowest BCUT2D eigenvalue weighted by atomic mass is 10.1. The van der Waals surface area contributed by atoms with Crippen LogP contribution in [0.2, 0.25) is 0 Å². The summed E-state index contributed by atoms with van der Waals surface area (Å²) in [5.41, 5.74) is -0.0221. The summed E-state index contributed by atoms with van der Waals surface area (Å²) < 4.78 is 38.2. The molecule has 1 N–H and O–H groups in total. The number of nitrogens with one attached hydrogen (secondary N) is 1. The number of hydrogen-bond donors (Lipinski definition) is 1. The smallest absolute Gasteiger partial charge is 0.229 e. The fraction of sp³-hybridized carbons (Fsp3) is 0.263. The van der Waals surface area contributed by atoms with E-state index >= 15 is 0 Å². The SMILES string of the molecule is COc1ccc(NC(=O)C2CC(=O)N(c3c(F)cccc3F)C2)c(OC)c1. The Morgan fingerprint density at radius 1 is 1.15 bits per heavy atom. The van der Waals surface area contributed by atoms with Gasteiger partial charge >= 0.3 is 0 Å². The van der Waals surface area contributed by atoms with E-state index in [2.05, 4.69) is 5.32 Å². The van der Waals surface area contributed by atoms with Crippen LogP contribution in [0.1, 0.15) is 6.42 Å². The number of rotatable bonds is 5. The van der Waals surface area contributed by atoms with Crippen molar-refractivity contribution in [1.29, 1.82) is 0 Å². The Labute approximate surface area is 154 Å². The van der Waals surface area contributed by atoms with Gasteiger partial charge in [-0.15, -0.1) is 0 Å². The number of nitrogens with zero attached hydrogens (tertiary/aromatic N) is 1. The van der Waals surface area contributed by atoms with Crippen LogP contribution in [0, 0.1) is 17.6 Å². The second kappa shape index (κ2) is 7.61. The molecule has 1 saturated heterocycles. The van der Waals surface area contributed by atoms with E-state index in [0.29, 0.717) is 17.2 Å². The normalized spacial score (nSPS) is 16.4. The van der Waals surface area contributed by atoms with Crippen molar-refractivity contribution in [3.05, 3.63) is 48.0 Å². The van der Waals surface area contributed by atoms with Crippen LogP contribution in [0.15, 0.2) is 36.4 Å². The van der Waals surface area contributed by atoms with Gasteiger partial charge in [0.2, 0.25) is 11.8 Å². The molecule has 0 radical (unpaired) electrons. The van der Waals surface area contributed by atoms with Crippen molar-refractivity contribution in [1.82, 2.24) is 0 Å². The minimum Gasteiger partial charge on any atom is -0.497 e. The van der Waals surface area contributed by atoms with Crippen LogP contribution < -0.4 is 19.7 Å². The number of benzene rings is 2. The molecule has 0 spiro atoms. The van der Waals surface area contributed by atoms with E-state index in [1.54, 1.807) is 18.2 Å². The molecule has 1 fully saturated rings. The number of hydrogen-bond acceptors (Lipinski definition) is 4. The summed E-state index contributed by atoms with van der Waals surface area (Å²) >= 11 is 0. The topological polar surface area (TPSA) is 67.9 Å². The number of carbonyl (C=O) groups is 2. The van der Waals surface area contributed by atoms with E-state index in [9.17, 15) is 18.4 Å². The van der Waals surface area contributed by atoms with Gasteiger partial charge in [-0.1, -0.05) is 6.07 Å². The number of halogens is 2. The average Bonchev–Trinajstić information content (AvgIpc) is 3.03. The molecular formula is C19H18F2N2O4. The first kappa shape index (κ1) is 18.6. The summed E-state index contributed by atoms with van der Waals surface area (Å²) in [6.07, 6.45) is -0.141. The van der Waals surface area contributed by atoms with Gasteiger partial charge in [-0.05, 0) is 24.3 Å². The Balaban J connectivity index is 1.77. The van der Waals surface area contributed by atoms with Crippen LogP contribution in [0.4, 0.5) is 20.2 Å². The summed E-state index contributed by atoms with van der Waals surface area (Å²) in [5, 5.41) is 2.69. The van der Waals surface area contributed by atoms with E-state index < -0.39 is 35.1 Å². The van der Waals surface area contributed by atoms with Crippen LogP contribution in [-0.2, 0) is 9.59 Å². The number of anilines is 2. The number of methoxy groups -OCH3 is 2. The quantitative estimate of drug-likeness (QED) is 0.871. The molecule has 2 aromatic carbocycles. The van der Waals surface area contributed by atoms with Crippen LogP contribution in [0.25, 0.3) is 0 Å². The summed E-state index contributed by atoms with van der Waals surface area (Å²) in [6, 6.07) is 8.23. The lowest BCUT2D eigenvalue weighted by Gasteiger charge is -2.18. The summed E-state index contributed by atoms with van der Waals surface area (Å²) in [4.78, 5) is 25.8. The van der Waals surface area contributed by atoms with Gasteiger partial charge in [-0.25, -0.2) is 8.78 Å². The zero-order valence-electron chi connectivity index (χ0n) is 14.8. The van der Waals surface area contributed by atoms with Crippen molar-refractivity contribution in [3.63, 3.8) is 0 Å². The van der Waals surface area contributed by atoms with Gasteiger partial charge in [0.05, 0.1) is 25.8 Å². The third-order valence-corrected chi connectivity index (χ3v) is 4.37. The van der Waals surface area contributed by atoms with Gasteiger partial charge in [0.25, 0.3) is 0 Å². The standard InChI is InChI=1S/C19H18F2N2O4/c1-26-12-6-7-15(16(9-12)27-2)22-19(25)11-8-17(24)23(10-11)18-13(20)4-3-5-14(18)21/h3-7,9,11H,8,10H2,1-2H3,(H,22,25). The maximum atomic E-state index is 14.0. The fourth-order valence-electron chi connectivity index (χ4n) is 2.98. The monoisotopic (exact) mass is 376 g/mol. The zero-order chi connectivity index (χ0) is 19.6. The molecule has 1 unspecified atom stereocenters. The predicted octanol–water partition coefficient (Wildman–Crippen LogP) is 2.97. The van der Waals surface area contributed by atoms with Gasteiger partial charge in [0.1, 0.15) is 28.8 Å². The van der Waals surface area contributed by atoms with Crippen molar-refractivity contribution in [2.24, 2.45) is 5.92 Å². The molecule has 2 aromatic rings. The number of carbonyl (C=O) groups excluding carboxylic acids is 2. The van der Waals surface area contributed by atoms with E-state index in [1.165, 1.54) is 20.3 Å². The molecule has 1 aliphatic rings. The number of amides is 2. The Hall–Kier alpha value is -3.16. The molecule has 1 atom stereocenters. The van der Waals surface area contributed by atoms with Crippen molar-refractivity contribution in [2.45, 2.75) is 6.42 Å². The maximum Gasteiger partial charge on any atom is 0.229 e. The van der Waals surface area contributed by atoms with Crippen LogP contribution in [0.5, 0.6) is 11.5 Å².